The molecule has 1 aromatic rings. The maximum absolute atomic E-state index is 11.9. The van der Waals surface area contributed by atoms with Gasteiger partial charge in [-0.1, -0.05) is 30.3 Å². The van der Waals surface area contributed by atoms with Crippen LogP contribution in [0.2, 0.25) is 0 Å². The molecule has 0 aliphatic heterocycles. The standard InChI is InChI=1S/C15H22N2O3/c1-14(2,3)16-10-12(18)17-15(4,13(19)20)11-8-6-5-7-9-11/h5-9,16H,10H2,1-4H3,(H,17,18)(H,19,20). The maximum atomic E-state index is 11.9. The summed E-state index contributed by atoms with van der Waals surface area (Å²) in [6.45, 7) is 7.37. The molecule has 5 nitrogen and oxygen atoms in total. The minimum absolute atomic E-state index is 0.0687. The van der Waals surface area contributed by atoms with Crippen molar-refractivity contribution in [1.82, 2.24) is 10.6 Å². The average molecular weight is 278 g/mol. The van der Waals surface area contributed by atoms with E-state index in [0.29, 0.717) is 5.56 Å². The van der Waals surface area contributed by atoms with Gasteiger partial charge in [0.1, 0.15) is 0 Å². The second kappa shape index (κ2) is 6.05. The number of carbonyl (C=O) groups is 2. The highest BCUT2D eigenvalue weighted by atomic mass is 16.4. The molecule has 1 amide bonds. The van der Waals surface area contributed by atoms with E-state index in [0.717, 1.165) is 0 Å². The highest BCUT2D eigenvalue weighted by Gasteiger charge is 2.36. The monoisotopic (exact) mass is 278 g/mol. The Morgan fingerprint density at radius 2 is 1.65 bits per heavy atom. The number of hydrogen-bond donors (Lipinski definition) is 3. The number of benzene rings is 1. The topological polar surface area (TPSA) is 78.4 Å². The van der Waals surface area contributed by atoms with E-state index in [1.165, 1.54) is 6.92 Å². The van der Waals surface area contributed by atoms with Crippen LogP contribution in [-0.2, 0) is 15.1 Å². The fraction of sp³-hybridized carbons (Fsp3) is 0.467. The first kappa shape index (κ1) is 16.2. The van der Waals surface area contributed by atoms with Gasteiger partial charge < -0.3 is 15.7 Å². The third-order valence-electron chi connectivity index (χ3n) is 2.95. The SMILES string of the molecule is CC(C)(C)NCC(=O)NC(C)(C(=O)O)c1ccccc1. The summed E-state index contributed by atoms with van der Waals surface area (Å²) in [5, 5.41) is 15.0. The fourth-order valence-electron chi connectivity index (χ4n) is 1.69. The Hall–Kier alpha value is -1.88. The predicted octanol–water partition coefficient (Wildman–Crippen LogP) is 1.49. The number of carboxylic acid groups (broad SMARTS) is 1. The van der Waals surface area contributed by atoms with Gasteiger partial charge in [0.25, 0.3) is 0 Å². The van der Waals surface area contributed by atoms with Crippen LogP contribution in [0.4, 0.5) is 0 Å². The van der Waals surface area contributed by atoms with E-state index in [9.17, 15) is 14.7 Å². The van der Waals surface area contributed by atoms with Crippen molar-refractivity contribution in [2.75, 3.05) is 6.54 Å². The highest BCUT2D eigenvalue weighted by Crippen LogP contribution is 2.20. The van der Waals surface area contributed by atoms with Crippen LogP contribution in [-0.4, -0.2) is 29.1 Å². The zero-order chi connectivity index (χ0) is 15.4. The molecular formula is C15H22N2O3. The molecule has 0 aliphatic rings. The number of carboxylic acids is 1. The summed E-state index contributed by atoms with van der Waals surface area (Å²) in [5.74, 6) is -1.44. The van der Waals surface area contributed by atoms with Crippen LogP contribution >= 0.6 is 0 Å². The fourth-order valence-corrected chi connectivity index (χ4v) is 1.69. The molecule has 3 N–H and O–H groups in total. The lowest BCUT2D eigenvalue weighted by Crippen LogP contribution is -2.53. The molecule has 5 heteroatoms. The Morgan fingerprint density at radius 3 is 2.10 bits per heavy atom. The summed E-state index contributed by atoms with van der Waals surface area (Å²) < 4.78 is 0. The number of hydrogen-bond acceptors (Lipinski definition) is 3. The van der Waals surface area contributed by atoms with Gasteiger partial charge in [-0.2, -0.15) is 0 Å². The normalized spacial score (nSPS) is 14.4. The third-order valence-corrected chi connectivity index (χ3v) is 2.95. The van der Waals surface area contributed by atoms with Crippen LogP contribution in [0.25, 0.3) is 0 Å². The highest BCUT2D eigenvalue weighted by molar-refractivity contribution is 5.88. The van der Waals surface area contributed by atoms with Gasteiger partial charge in [-0.3, -0.25) is 4.79 Å². The summed E-state index contributed by atoms with van der Waals surface area (Å²) in [5.41, 5.74) is -1.10. The van der Waals surface area contributed by atoms with Crippen molar-refractivity contribution in [3.05, 3.63) is 35.9 Å². The predicted molar refractivity (Wildman–Crippen MR) is 77.3 cm³/mol. The van der Waals surface area contributed by atoms with Crippen LogP contribution in [0.15, 0.2) is 30.3 Å². The Kier molecular flexibility index (Phi) is 4.89. The van der Waals surface area contributed by atoms with Crippen molar-refractivity contribution in [3.8, 4) is 0 Å². The zero-order valence-electron chi connectivity index (χ0n) is 12.4. The molecule has 0 aliphatic carbocycles. The number of aliphatic carboxylic acids is 1. The van der Waals surface area contributed by atoms with Crippen LogP contribution in [0.1, 0.15) is 33.3 Å². The van der Waals surface area contributed by atoms with Gasteiger partial charge in [-0.05, 0) is 33.3 Å². The second-order valence-electron chi connectivity index (χ2n) is 5.95. The van der Waals surface area contributed by atoms with E-state index in [4.69, 9.17) is 0 Å². The first-order chi connectivity index (χ1) is 9.15. The van der Waals surface area contributed by atoms with E-state index in [1.54, 1.807) is 30.3 Å². The summed E-state index contributed by atoms with van der Waals surface area (Å²) in [7, 11) is 0. The molecule has 0 bridgehead atoms. The molecule has 0 spiro atoms. The van der Waals surface area contributed by atoms with Gasteiger partial charge in [0.15, 0.2) is 5.54 Å². The molecule has 0 saturated heterocycles. The van der Waals surface area contributed by atoms with Crippen LogP contribution in [0.5, 0.6) is 0 Å². The van der Waals surface area contributed by atoms with E-state index < -0.39 is 11.5 Å². The second-order valence-corrected chi connectivity index (χ2v) is 5.95. The quantitative estimate of drug-likeness (QED) is 0.762. The molecule has 1 aromatic carbocycles. The molecule has 1 rings (SSSR count). The van der Waals surface area contributed by atoms with E-state index in [-0.39, 0.29) is 18.0 Å². The van der Waals surface area contributed by atoms with Crippen molar-refractivity contribution >= 4 is 11.9 Å². The first-order valence-electron chi connectivity index (χ1n) is 6.50. The first-order valence-corrected chi connectivity index (χ1v) is 6.50. The molecule has 0 radical (unpaired) electrons. The Morgan fingerprint density at radius 1 is 1.10 bits per heavy atom. The van der Waals surface area contributed by atoms with Crippen LogP contribution in [0, 0.1) is 0 Å². The van der Waals surface area contributed by atoms with Gasteiger partial charge >= 0.3 is 5.97 Å². The van der Waals surface area contributed by atoms with Crippen molar-refractivity contribution in [2.45, 2.75) is 38.8 Å². The van der Waals surface area contributed by atoms with Crippen molar-refractivity contribution < 1.29 is 14.7 Å². The molecule has 0 heterocycles. The smallest absolute Gasteiger partial charge is 0.333 e. The van der Waals surface area contributed by atoms with Gasteiger partial charge in [0, 0.05) is 5.54 Å². The van der Waals surface area contributed by atoms with E-state index in [2.05, 4.69) is 10.6 Å². The summed E-state index contributed by atoms with van der Waals surface area (Å²) in [6, 6.07) is 8.66. The molecular weight excluding hydrogens is 256 g/mol. The number of rotatable bonds is 5. The van der Waals surface area contributed by atoms with Crippen LogP contribution < -0.4 is 10.6 Å². The van der Waals surface area contributed by atoms with Gasteiger partial charge in [0.2, 0.25) is 5.91 Å². The zero-order valence-corrected chi connectivity index (χ0v) is 12.4. The minimum Gasteiger partial charge on any atom is -0.479 e. The Balaban J connectivity index is 2.83. The van der Waals surface area contributed by atoms with Gasteiger partial charge in [0.05, 0.1) is 6.54 Å². The lowest BCUT2D eigenvalue weighted by molar-refractivity contribution is -0.147. The molecule has 20 heavy (non-hydrogen) atoms. The van der Waals surface area contributed by atoms with Gasteiger partial charge in [-0.25, -0.2) is 4.79 Å². The number of nitrogens with one attached hydrogen (secondary N) is 2. The molecule has 0 saturated carbocycles. The number of carbonyl (C=O) groups excluding carboxylic acids is 1. The van der Waals surface area contributed by atoms with Crippen molar-refractivity contribution in [3.63, 3.8) is 0 Å². The molecule has 1 atom stereocenters. The minimum atomic E-state index is -1.43. The van der Waals surface area contributed by atoms with Crippen molar-refractivity contribution in [1.29, 1.82) is 0 Å². The molecule has 0 fully saturated rings. The Bertz CT molecular complexity index is 480. The van der Waals surface area contributed by atoms with Crippen molar-refractivity contribution in [2.24, 2.45) is 0 Å². The molecule has 0 aromatic heterocycles. The summed E-state index contributed by atoms with van der Waals surface area (Å²) >= 11 is 0. The molecule has 1 unspecified atom stereocenters. The maximum Gasteiger partial charge on any atom is 0.333 e. The van der Waals surface area contributed by atoms with E-state index >= 15 is 0 Å². The molecule has 110 valence electrons. The lowest BCUT2D eigenvalue weighted by Gasteiger charge is -2.28. The lowest BCUT2D eigenvalue weighted by atomic mass is 9.92. The summed E-state index contributed by atoms with van der Waals surface area (Å²) in [4.78, 5) is 23.5. The summed E-state index contributed by atoms with van der Waals surface area (Å²) in [6.07, 6.45) is 0. The Labute approximate surface area is 119 Å². The largest absolute Gasteiger partial charge is 0.479 e. The average Bonchev–Trinajstić information content (AvgIpc) is 2.36. The third kappa shape index (κ3) is 4.35. The van der Waals surface area contributed by atoms with Crippen LogP contribution in [0.3, 0.4) is 0 Å². The number of amides is 1. The van der Waals surface area contributed by atoms with E-state index in [1.807, 2.05) is 20.8 Å². The van der Waals surface area contributed by atoms with Gasteiger partial charge in [-0.15, -0.1) is 0 Å².